The molecular weight excluding hydrogens is 398 g/mol. The van der Waals surface area contributed by atoms with Crippen LogP contribution in [0.4, 0.5) is 4.79 Å². The van der Waals surface area contributed by atoms with Gasteiger partial charge in [-0.1, -0.05) is 35.9 Å². The summed E-state index contributed by atoms with van der Waals surface area (Å²) in [5.74, 6) is -0.0560. The van der Waals surface area contributed by atoms with Crippen molar-refractivity contribution in [3.63, 3.8) is 0 Å². The first-order valence-corrected chi connectivity index (χ1v) is 9.63. The highest BCUT2D eigenvalue weighted by atomic mass is 35.5. The van der Waals surface area contributed by atoms with Gasteiger partial charge in [0.2, 0.25) is 0 Å². The Morgan fingerprint density at radius 3 is 2.68 bits per heavy atom. The molecule has 1 aliphatic heterocycles. The molecule has 0 aliphatic carbocycles. The van der Waals surface area contributed by atoms with Crippen molar-refractivity contribution < 1.29 is 19.4 Å². The van der Waals surface area contributed by atoms with E-state index in [0.29, 0.717) is 38.8 Å². The summed E-state index contributed by atoms with van der Waals surface area (Å²) < 4.78 is 5.20. The number of halogens is 1. The van der Waals surface area contributed by atoms with Gasteiger partial charge in [-0.25, -0.2) is 0 Å². The molecule has 0 bridgehead atoms. The predicted octanol–water partition coefficient (Wildman–Crippen LogP) is 5.02. The van der Waals surface area contributed by atoms with Gasteiger partial charge in [-0.2, -0.15) is 0 Å². The minimum Gasteiger partial charge on any atom is -0.504 e. The highest BCUT2D eigenvalue weighted by molar-refractivity contribution is 8.18. The van der Waals surface area contributed by atoms with Crippen LogP contribution in [0.2, 0.25) is 5.02 Å². The Morgan fingerprint density at radius 1 is 1.25 bits per heavy atom. The molecule has 2 aromatic carbocycles. The maximum absolute atomic E-state index is 12.7. The van der Waals surface area contributed by atoms with Crippen LogP contribution in [0.1, 0.15) is 16.7 Å². The van der Waals surface area contributed by atoms with E-state index in [0.717, 1.165) is 11.8 Å². The van der Waals surface area contributed by atoms with Crippen LogP contribution in [0, 0.1) is 0 Å². The van der Waals surface area contributed by atoms with Crippen LogP contribution in [0.25, 0.3) is 6.08 Å². The topological polar surface area (TPSA) is 66.8 Å². The number of carbonyl (C=O) groups is 2. The fraction of sp³-hybridized carbons (Fsp3) is 0.143. The number of methoxy groups -OCH3 is 1. The summed E-state index contributed by atoms with van der Waals surface area (Å²) in [6, 6.07) is 10.4. The van der Waals surface area contributed by atoms with Crippen LogP contribution < -0.4 is 4.74 Å². The number of rotatable bonds is 6. The summed E-state index contributed by atoms with van der Waals surface area (Å²) in [5.41, 5.74) is 1.97. The fourth-order valence-corrected chi connectivity index (χ4v) is 3.86. The normalized spacial score (nSPS) is 15.4. The van der Waals surface area contributed by atoms with Crippen LogP contribution in [0.15, 0.2) is 54.0 Å². The van der Waals surface area contributed by atoms with E-state index in [1.807, 2.05) is 0 Å². The summed E-state index contributed by atoms with van der Waals surface area (Å²) in [5, 5.41) is 10.3. The van der Waals surface area contributed by atoms with Crippen molar-refractivity contribution in [2.24, 2.45) is 0 Å². The SMILES string of the molecule is C=CCc1cc(/C=C2\SC(=O)N(Cc3ccccc3Cl)C2=O)cc(OC)c1O. The summed E-state index contributed by atoms with van der Waals surface area (Å²) in [4.78, 5) is 26.6. The maximum atomic E-state index is 12.7. The van der Waals surface area contributed by atoms with Crippen molar-refractivity contribution in [3.05, 3.63) is 75.7 Å². The van der Waals surface area contributed by atoms with E-state index in [4.69, 9.17) is 16.3 Å². The number of ether oxygens (including phenoxy) is 1. The molecule has 1 fully saturated rings. The first kappa shape index (κ1) is 20.0. The Labute approximate surface area is 172 Å². The Kier molecular flexibility index (Phi) is 6.11. The van der Waals surface area contributed by atoms with Gasteiger partial charge in [0.1, 0.15) is 0 Å². The van der Waals surface area contributed by atoms with Gasteiger partial charge < -0.3 is 9.84 Å². The van der Waals surface area contributed by atoms with Crippen molar-refractivity contribution in [3.8, 4) is 11.5 Å². The lowest BCUT2D eigenvalue weighted by atomic mass is 10.1. The number of phenolic OH excluding ortho intramolecular Hbond substituents is 1. The number of carbonyl (C=O) groups excluding carboxylic acids is 2. The van der Waals surface area contributed by atoms with E-state index < -0.39 is 0 Å². The number of nitrogens with zero attached hydrogens (tertiary/aromatic N) is 1. The number of hydrogen-bond donors (Lipinski definition) is 1. The van der Waals surface area contributed by atoms with Gasteiger partial charge >= 0.3 is 0 Å². The molecule has 5 nitrogen and oxygen atoms in total. The Balaban J connectivity index is 1.90. The highest BCUT2D eigenvalue weighted by Gasteiger charge is 2.35. The first-order chi connectivity index (χ1) is 13.4. The van der Waals surface area contributed by atoms with Crippen LogP contribution in [-0.2, 0) is 17.8 Å². The Morgan fingerprint density at radius 2 is 2.00 bits per heavy atom. The molecule has 1 N–H and O–H groups in total. The molecule has 144 valence electrons. The molecule has 2 amide bonds. The van der Waals surface area contributed by atoms with Crippen LogP contribution in [-0.4, -0.2) is 28.3 Å². The fourth-order valence-electron chi connectivity index (χ4n) is 2.82. The van der Waals surface area contributed by atoms with Crippen molar-refractivity contribution >= 4 is 40.6 Å². The van der Waals surface area contributed by atoms with Gasteiger partial charge in [0.05, 0.1) is 18.6 Å². The van der Waals surface area contributed by atoms with Crippen LogP contribution >= 0.6 is 23.4 Å². The zero-order valence-electron chi connectivity index (χ0n) is 15.1. The van der Waals surface area contributed by atoms with Crippen molar-refractivity contribution in [1.29, 1.82) is 0 Å². The number of thioether (sulfide) groups is 1. The second kappa shape index (κ2) is 8.54. The molecule has 0 spiro atoms. The molecule has 0 saturated carbocycles. The number of phenols is 1. The molecular formula is C21H18ClNO4S. The third kappa shape index (κ3) is 4.08. The number of amides is 2. The van der Waals surface area contributed by atoms with Gasteiger partial charge in [0, 0.05) is 10.6 Å². The van der Waals surface area contributed by atoms with E-state index in [2.05, 4.69) is 6.58 Å². The molecule has 28 heavy (non-hydrogen) atoms. The summed E-state index contributed by atoms with van der Waals surface area (Å²) in [6.07, 6.45) is 3.72. The van der Waals surface area contributed by atoms with Crippen molar-refractivity contribution in [2.75, 3.05) is 7.11 Å². The minimum absolute atomic E-state index is 0.0337. The summed E-state index contributed by atoms with van der Waals surface area (Å²) in [6.45, 7) is 3.79. The molecule has 1 saturated heterocycles. The van der Waals surface area contributed by atoms with E-state index in [1.54, 1.807) is 48.6 Å². The number of benzene rings is 2. The average molecular weight is 416 g/mol. The van der Waals surface area contributed by atoms with E-state index in [1.165, 1.54) is 12.0 Å². The lowest BCUT2D eigenvalue weighted by Crippen LogP contribution is -2.27. The molecule has 0 aromatic heterocycles. The van der Waals surface area contributed by atoms with Crippen molar-refractivity contribution in [2.45, 2.75) is 13.0 Å². The largest absolute Gasteiger partial charge is 0.504 e. The zero-order valence-corrected chi connectivity index (χ0v) is 16.7. The van der Waals surface area contributed by atoms with Gasteiger partial charge in [0.15, 0.2) is 11.5 Å². The quantitative estimate of drug-likeness (QED) is 0.530. The molecule has 0 atom stereocenters. The Bertz CT molecular complexity index is 986. The van der Waals surface area contributed by atoms with E-state index >= 15 is 0 Å². The average Bonchev–Trinajstić information content (AvgIpc) is 2.93. The molecule has 0 unspecified atom stereocenters. The monoisotopic (exact) mass is 415 g/mol. The lowest BCUT2D eigenvalue weighted by molar-refractivity contribution is -0.123. The Hall–Kier alpha value is -2.70. The molecule has 3 rings (SSSR count). The number of aromatic hydroxyl groups is 1. The van der Waals surface area contributed by atoms with Gasteiger partial charge in [0.25, 0.3) is 11.1 Å². The van der Waals surface area contributed by atoms with Crippen LogP contribution in [0.3, 0.4) is 0 Å². The van der Waals surface area contributed by atoms with Crippen LogP contribution in [0.5, 0.6) is 11.5 Å². The first-order valence-electron chi connectivity index (χ1n) is 8.44. The number of hydrogen-bond acceptors (Lipinski definition) is 5. The number of allylic oxidation sites excluding steroid dienone is 1. The van der Waals surface area contributed by atoms with Gasteiger partial charge in [-0.3, -0.25) is 14.5 Å². The second-order valence-corrected chi connectivity index (χ2v) is 7.48. The van der Waals surface area contributed by atoms with Gasteiger partial charge in [-0.05, 0) is 53.6 Å². The van der Waals surface area contributed by atoms with Crippen molar-refractivity contribution in [1.82, 2.24) is 4.90 Å². The molecule has 2 aromatic rings. The third-order valence-electron chi connectivity index (χ3n) is 4.22. The zero-order chi connectivity index (χ0) is 20.3. The number of imide groups is 1. The summed E-state index contributed by atoms with van der Waals surface area (Å²) >= 11 is 7.01. The molecule has 1 heterocycles. The highest BCUT2D eigenvalue weighted by Crippen LogP contribution is 2.37. The molecule has 7 heteroatoms. The smallest absolute Gasteiger partial charge is 0.293 e. The molecule has 0 radical (unpaired) electrons. The lowest BCUT2D eigenvalue weighted by Gasteiger charge is -2.13. The summed E-state index contributed by atoms with van der Waals surface area (Å²) in [7, 11) is 1.45. The predicted molar refractivity (Wildman–Crippen MR) is 112 cm³/mol. The van der Waals surface area contributed by atoms with E-state index in [9.17, 15) is 14.7 Å². The standard InChI is InChI=1S/C21H18ClNO4S/c1-3-6-14-9-13(10-17(27-2)19(14)24)11-18-20(25)23(21(26)28-18)12-15-7-4-5-8-16(15)22/h3-5,7-11,24H,1,6,12H2,2H3/b18-11-. The minimum atomic E-state index is -0.382. The maximum Gasteiger partial charge on any atom is 0.293 e. The van der Waals surface area contributed by atoms with Gasteiger partial charge in [-0.15, -0.1) is 6.58 Å². The van der Waals surface area contributed by atoms with E-state index in [-0.39, 0.29) is 23.4 Å². The third-order valence-corrected chi connectivity index (χ3v) is 5.49. The molecule has 1 aliphatic rings. The second-order valence-electron chi connectivity index (χ2n) is 6.08.